The molecule has 1 aromatic heterocycles. The highest BCUT2D eigenvalue weighted by molar-refractivity contribution is 7.11. The summed E-state index contributed by atoms with van der Waals surface area (Å²) in [5, 5.41) is 5.90. The van der Waals surface area contributed by atoms with E-state index in [1.54, 1.807) is 6.20 Å². The summed E-state index contributed by atoms with van der Waals surface area (Å²) in [7, 11) is 0. The van der Waals surface area contributed by atoms with Gasteiger partial charge in [0.1, 0.15) is 0 Å². The third-order valence-corrected chi connectivity index (χ3v) is 6.43. The van der Waals surface area contributed by atoms with E-state index in [4.69, 9.17) is 0 Å². The quantitative estimate of drug-likeness (QED) is 0.862. The number of Topliss-reactive ketones (excluding diaryl/α,β-unsaturated/α-hetero) is 1. The van der Waals surface area contributed by atoms with Crippen molar-refractivity contribution >= 4 is 23.0 Å². The van der Waals surface area contributed by atoms with Crippen LogP contribution in [0.2, 0.25) is 0 Å². The van der Waals surface area contributed by atoms with E-state index in [2.05, 4.69) is 10.3 Å². The van der Waals surface area contributed by atoms with Crippen molar-refractivity contribution in [3.8, 4) is 0 Å². The van der Waals surface area contributed by atoms with E-state index in [1.807, 2.05) is 10.3 Å². The first-order chi connectivity index (χ1) is 11.2. The maximum absolute atomic E-state index is 13.0. The average Bonchev–Trinajstić information content (AvgIpc) is 3.32. The van der Waals surface area contributed by atoms with Crippen molar-refractivity contribution < 1.29 is 9.59 Å². The van der Waals surface area contributed by atoms with Gasteiger partial charge in [0.2, 0.25) is 11.7 Å². The number of carbonyl (C=O) groups excluding carboxylic acids is 2. The van der Waals surface area contributed by atoms with Gasteiger partial charge in [-0.1, -0.05) is 12.8 Å². The molecule has 1 saturated carbocycles. The number of carbonyl (C=O) groups is 2. The molecular formula is C17H23N3O2S. The van der Waals surface area contributed by atoms with Crippen LogP contribution in [-0.2, 0) is 4.79 Å². The van der Waals surface area contributed by atoms with E-state index in [1.165, 1.54) is 37.0 Å². The van der Waals surface area contributed by atoms with Crippen LogP contribution in [-0.4, -0.2) is 46.2 Å². The van der Waals surface area contributed by atoms with Crippen molar-refractivity contribution in [3.05, 3.63) is 16.6 Å². The average molecular weight is 333 g/mol. The highest BCUT2D eigenvalue weighted by Gasteiger charge is 2.43. The van der Waals surface area contributed by atoms with Crippen LogP contribution in [0.5, 0.6) is 0 Å². The van der Waals surface area contributed by atoms with E-state index < -0.39 is 0 Å². The molecule has 1 N–H and O–H groups in total. The summed E-state index contributed by atoms with van der Waals surface area (Å²) in [5.74, 6) is 0.793. The molecule has 1 amide bonds. The molecule has 0 aromatic carbocycles. The van der Waals surface area contributed by atoms with Crippen LogP contribution < -0.4 is 5.32 Å². The minimum Gasteiger partial charge on any atom is -0.331 e. The molecule has 3 fully saturated rings. The number of fused-ring (bicyclic) bond motifs is 1. The normalized spacial score (nSPS) is 33.7. The second-order valence-corrected chi connectivity index (χ2v) is 7.89. The lowest BCUT2D eigenvalue weighted by Gasteiger charge is -2.26. The van der Waals surface area contributed by atoms with Gasteiger partial charge in [-0.2, -0.15) is 0 Å². The lowest BCUT2D eigenvalue weighted by atomic mass is 9.85. The maximum atomic E-state index is 13.0. The molecule has 0 unspecified atom stereocenters. The number of thiazole rings is 1. The Hall–Kier alpha value is -1.27. The van der Waals surface area contributed by atoms with E-state index in [0.717, 1.165) is 19.3 Å². The topological polar surface area (TPSA) is 62.3 Å². The van der Waals surface area contributed by atoms with Gasteiger partial charge in [-0.3, -0.25) is 9.59 Å². The number of ketones is 1. The third-order valence-electron chi connectivity index (χ3n) is 5.64. The molecule has 6 heteroatoms. The van der Waals surface area contributed by atoms with Gasteiger partial charge in [-0.15, -0.1) is 11.3 Å². The van der Waals surface area contributed by atoms with Crippen molar-refractivity contribution in [2.45, 2.75) is 63.1 Å². The van der Waals surface area contributed by atoms with Crippen LogP contribution in [0.3, 0.4) is 0 Å². The fourth-order valence-electron chi connectivity index (χ4n) is 4.50. The molecule has 3 heterocycles. The highest BCUT2D eigenvalue weighted by Crippen LogP contribution is 2.34. The Labute approximate surface area is 140 Å². The van der Waals surface area contributed by atoms with Crippen LogP contribution in [0.25, 0.3) is 0 Å². The molecule has 4 rings (SSSR count). The largest absolute Gasteiger partial charge is 0.331 e. The predicted octanol–water partition coefficient (Wildman–Crippen LogP) is 2.24. The predicted molar refractivity (Wildman–Crippen MR) is 88.5 cm³/mol. The first-order valence-corrected chi connectivity index (χ1v) is 9.62. The number of aromatic nitrogens is 1. The zero-order valence-electron chi connectivity index (χ0n) is 13.2. The molecule has 0 spiro atoms. The Morgan fingerprint density at radius 3 is 2.87 bits per heavy atom. The summed E-state index contributed by atoms with van der Waals surface area (Å²) in [6.07, 6.45) is 9.26. The Bertz CT molecular complexity index is 575. The molecule has 5 nitrogen and oxygen atoms in total. The molecule has 1 aromatic rings. The van der Waals surface area contributed by atoms with E-state index >= 15 is 0 Å². The zero-order chi connectivity index (χ0) is 15.8. The van der Waals surface area contributed by atoms with E-state index in [-0.39, 0.29) is 23.8 Å². The smallest absolute Gasteiger partial charge is 0.240 e. The number of rotatable bonds is 3. The van der Waals surface area contributed by atoms with Crippen LogP contribution >= 0.6 is 11.3 Å². The third kappa shape index (κ3) is 2.83. The minimum absolute atomic E-state index is 0.0151. The molecule has 0 bridgehead atoms. The van der Waals surface area contributed by atoms with Gasteiger partial charge in [0.05, 0.1) is 12.1 Å². The number of nitrogens with zero attached hydrogens (tertiary/aromatic N) is 2. The first-order valence-electron chi connectivity index (χ1n) is 8.74. The van der Waals surface area contributed by atoms with Crippen molar-refractivity contribution in [2.24, 2.45) is 5.92 Å². The summed E-state index contributed by atoms with van der Waals surface area (Å²) in [4.78, 5) is 31.5. The molecule has 124 valence electrons. The second kappa shape index (κ2) is 6.32. The van der Waals surface area contributed by atoms with Crippen LogP contribution in [0.1, 0.15) is 54.7 Å². The molecule has 1 aliphatic carbocycles. The van der Waals surface area contributed by atoms with Crippen molar-refractivity contribution in [3.63, 3.8) is 0 Å². The molecule has 23 heavy (non-hydrogen) atoms. The van der Waals surface area contributed by atoms with Crippen LogP contribution in [0.15, 0.2) is 11.6 Å². The Morgan fingerprint density at radius 2 is 2.09 bits per heavy atom. The lowest BCUT2D eigenvalue weighted by molar-refractivity contribution is -0.133. The van der Waals surface area contributed by atoms with Gasteiger partial charge >= 0.3 is 0 Å². The molecule has 2 aliphatic heterocycles. The standard InChI is InChI=1S/C17H23N3O2S/c21-15(16-18-7-9-23-16)14-6-3-8-20(14)17(22)13-10-11-4-1-2-5-12(11)19-13/h7,9,11-14,19H,1-6,8,10H2/t11-,12-,13-,14-/m0/s1. The van der Waals surface area contributed by atoms with Gasteiger partial charge in [0.15, 0.2) is 5.01 Å². The molecule has 0 radical (unpaired) electrons. The molecule has 4 atom stereocenters. The van der Waals surface area contributed by atoms with E-state index in [9.17, 15) is 9.59 Å². The van der Waals surface area contributed by atoms with Gasteiger partial charge in [0, 0.05) is 24.2 Å². The maximum Gasteiger partial charge on any atom is 0.240 e. The van der Waals surface area contributed by atoms with Gasteiger partial charge in [-0.25, -0.2) is 4.98 Å². The molecular weight excluding hydrogens is 310 g/mol. The molecule has 3 aliphatic rings. The van der Waals surface area contributed by atoms with E-state index in [0.29, 0.717) is 23.5 Å². The van der Waals surface area contributed by atoms with Gasteiger partial charge in [-0.05, 0) is 38.0 Å². The van der Waals surface area contributed by atoms with Crippen molar-refractivity contribution in [1.29, 1.82) is 0 Å². The zero-order valence-corrected chi connectivity index (χ0v) is 14.1. The van der Waals surface area contributed by atoms with Gasteiger partial charge < -0.3 is 10.2 Å². The highest BCUT2D eigenvalue weighted by atomic mass is 32.1. The summed E-state index contributed by atoms with van der Waals surface area (Å²) in [5.41, 5.74) is 0. The number of hydrogen-bond acceptors (Lipinski definition) is 5. The summed E-state index contributed by atoms with van der Waals surface area (Å²) in [6.45, 7) is 0.703. The fourth-order valence-corrected chi connectivity index (χ4v) is 5.13. The monoisotopic (exact) mass is 333 g/mol. The Kier molecular flexibility index (Phi) is 4.20. The van der Waals surface area contributed by atoms with Crippen molar-refractivity contribution in [2.75, 3.05) is 6.54 Å². The number of nitrogens with one attached hydrogen (secondary N) is 1. The SMILES string of the molecule is O=C(c1nccs1)[C@@H]1CCCN1C(=O)[C@@H]1C[C@@H]2CCCC[C@@H]2N1. The van der Waals surface area contributed by atoms with Crippen LogP contribution in [0, 0.1) is 5.92 Å². The lowest BCUT2D eigenvalue weighted by Crippen LogP contribution is -2.49. The Morgan fingerprint density at radius 1 is 1.22 bits per heavy atom. The number of amides is 1. The molecule has 2 saturated heterocycles. The first kappa shape index (κ1) is 15.3. The fraction of sp³-hybridized carbons (Fsp3) is 0.706. The van der Waals surface area contributed by atoms with Gasteiger partial charge in [0.25, 0.3) is 0 Å². The minimum atomic E-state index is -0.307. The summed E-state index contributed by atoms with van der Waals surface area (Å²) in [6, 6.07) is 0.110. The number of likely N-dealkylation sites (tertiary alicyclic amines) is 1. The second-order valence-electron chi connectivity index (χ2n) is 7.00. The Balaban J connectivity index is 1.46. The summed E-state index contributed by atoms with van der Waals surface area (Å²) >= 11 is 1.37. The number of hydrogen-bond donors (Lipinski definition) is 1. The van der Waals surface area contributed by atoms with Crippen molar-refractivity contribution in [1.82, 2.24) is 15.2 Å². The van der Waals surface area contributed by atoms with Crippen LogP contribution in [0.4, 0.5) is 0 Å². The summed E-state index contributed by atoms with van der Waals surface area (Å²) < 4.78 is 0.